The molecule has 1 aliphatic carbocycles. The summed E-state index contributed by atoms with van der Waals surface area (Å²) in [6.45, 7) is 3.21. The SMILES string of the molecule is O=C(O)c1cccc(CC(=O)N2CCC3(CC2)CC3C(=O)N2CCCCC2)c1. The van der Waals surface area contributed by atoms with E-state index in [9.17, 15) is 14.4 Å². The third-order valence-electron chi connectivity index (χ3n) is 6.80. The number of benzene rings is 1. The molecular weight excluding hydrogens is 356 g/mol. The first-order chi connectivity index (χ1) is 13.5. The summed E-state index contributed by atoms with van der Waals surface area (Å²) in [5.74, 6) is -0.440. The lowest BCUT2D eigenvalue weighted by molar-refractivity contribution is -0.135. The molecule has 2 saturated heterocycles. The molecule has 1 atom stereocenters. The van der Waals surface area contributed by atoms with Crippen LogP contribution in [0.4, 0.5) is 0 Å². The van der Waals surface area contributed by atoms with Gasteiger partial charge >= 0.3 is 5.97 Å². The van der Waals surface area contributed by atoms with Gasteiger partial charge < -0.3 is 14.9 Å². The molecule has 6 heteroatoms. The van der Waals surface area contributed by atoms with Gasteiger partial charge in [-0.2, -0.15) is 0 Å². The first-order valence-corrected chi connectivity index (χ1v) is 10.4. The van der Waals surface area contributed by atoms with Gasteiger partial charge in [0.25, 0.3) is 0 Å². The number of likely N-dealkylation sites (tertiary alicyclic amines) is 2. The van der Waals surface area contributed by atoms with Gasteiger partial charge in [0.1, 0.15) is 0 Å². The number of aromatic carboxylic acids is 1. The molecule has 1 N–H and O–H groups in total. The Bertz CT molecular complexity index is 776. The van der Waals surface area contributed by atoms with Gasteiger partial charge in [-0.15, -0.1) is 0 Å². The molecule has 0 radical (unpaired) electrons. The van der Waals surface area contributed by atoms with Crippen LogP contribution in [0.1, 0.15) is 54.4 Å². The van der Waals surface area contributed by atoms with E-state index in [1.165, 1.54) is 12.5 Å². The van der Waals surface area contributed by atoms with Gasteiger partial charge in [-0.1, -0.05) is 12.1 Å². The molecule has 0 bridgehead atoms. The van der Waals surface area contributed by atoms with E-state index >= 15 is 0 Å². The Morgan fingerprint density at radius 1 is 1.00 bits per heavy atom. The minimum atomic E-state index is -0.979. The number of rotatable bonds is 4. The molecule has 2 heterocycles. The molecule has 2 aliphatic heterocycles. The molecule has 3 aliphatic rings. The maximum Gasteiger partial charge on any atom is 0.335 e. The lowest BCUT2D eigenvalue weighted by atomic mass is 9.90. The summed E-state index contributed by atoms with van der Waals surface area (Å²) in [5, 5.41) is 9.09. The van der Waals surface area contributed by atoms with Gasteiger partial charge in [0, 0.05) is 32.1 Å². The highest BCUT2D eigenvalue weighted by Gasteiger charge is 2.59. The first-order valence-electron chi connectivity index (χ1n) is 10.4. The van der Waals surface area contributed by atoms with Crippen molar-refractivity contribution in [2.45, 2.75) is 44.9 Å². The zero-order valence-electron chi connectivity index (χ0n) is 16.2. The van der Waals surface area contributed by atoms with Crippen molar-refractivity contribution in [3.63, 3.8) is 0 Å². The maximum absolute atomic E-state index is 12.8. The van der Waals surface area contributed by atoms with E-state index in [0.717, 1.165) is 50.8 Å². The molecule has 28 heavy (non-hydrogen) atoms. The number of hydrogen-bond donors (Lipinski definition) is 1. The number of amides is 2. The van der Waals surface area contributed by atoms with Crippen molar-refractivity contribution in [1.29, 1.82) is 0 Å². The Kier molecular flexibility index (Phi) is 5.13. The molecule has 1 aromatic carbocycles. The Balaban J connectivity index is 1.30. The lowest BCUT2D eigenvalue weighted by Gasteiger charge is -2.34. The number of carboxylic acid groups (broad SMARTS) is 1. The van der Waals surface area contributed by atoms with Gasteiger partial charge in [0.05, 0.1) is 12.0 Å². The average Bonchev–Trinajstić information content (AvgIpc) is 3.41. The largest absolute Gasteiger partial charge is 0.478 e. The highest BCUT2D eigenvalue weighted by atomic mass is 16.4. The summed E-state index contributed by atoms with van der Waals surface area (Å²) in [6, 6.07) is 6.58. The van der Waals surface area contributed by atoms with Crippen LogP contribution < -0.4 is 0 Å². The molecule has 150 valence electrons. The summed E-state index contributed by atoms with van der Waals surface area (Å²) in [4.78, 5) is 40.4. The van der Waals surface area contributed by atoms with E-state index in [-0.39, 0.29) is 29.2 Å². The first kappa shape index (κ1) is 19.0. The van der Waals surface area contributed by atoms with Crippen LogP contribution >= 0.6 is 0 Å². The second kappa shape index (κ2) is 7.57. The van der Waals surface area contributed by atoms with Crippen LogP contribution in [-0.2, 0) is 16.0 Å². The van der Waals surface area contributed by atoms with Gasteiger partial charge in [0.2, 0.25) is 11.8 Å². The normalized spacial score (nSPS) is 23.5. The number of carboxylic acids is 1. The van der Waals surface area contributed by atoms with Gasteiger partial charge in [-0.25, -0.2) is 4.79 Å². The Morgan fingerprint density at radius 3 is 2.39 bits per heavy atom. The topological polar surface area (TPSA) is 77.9 Å². The van der Waals surface area contributed by atoms with Crippen molar-refractivity contribution in [1.82, 2.24) is 9.80 Å². The van der Waals surface area contributed by atoms with Crippen molar-refractivity contribution in [2.24, 2.45) is 11.3 Å². The summed E-state index contributed by atoms with van der Waals surface area (Å²) in [5.41, 5.74) is 1.06. The summed E-state index contributed by atoms with van der Waals surface area (Å²) >= 11 is 0. The van der Waals surface area contributed by atoms with E-state index in [1.807, 2.05) is 4.90 Å². The van der Waals surface area contributed by atoms with E-state index in [4.69, 9.17) is 5.11 Å². The van der Waals surface area contributed by atoms with E-state index in [1.54, 1.807) is 18.2 Å². The molecule has 1 saturated carbocycles. The van der Waals surface area contributed by atoms with Crippen LogP contribution in [0.3, 0.4) is 0 Å². The zero-order valence-corrected chi connectivity index (χ0v) is 16.2. The van der Waals surface area contributed by atoms with Crippen molar-refractivity contribution in [3.05, 3.63) is 35.4 Å². The minimum Gasteiger partial charge on any atom is -0.478 e. The summed E-state index contributed by atoms with van der Waals surface area (Å²) < 4.78 is 0. The van der Waals surface area contributed by atoms with E-state index in [2.05, 4.69) is 4.90 Å². The Morgan fingerprint density at radius 2 is 1.71 bits per heavy atom. The highest BCUT2D eigenvalue weighted by Crippen LogP contribution is 2.60. The minimum absolute atomic E-state index is 0.0388. The Labute approximate surface area is 165 Å². The smallest absolute Gasteiger partial charge is 0.335 e. The quantitative estimate of drug-likeness (QED) is 0.865. The number of piperidine rings is 2. The number of nitrogens with zero attached hydrogens (tertiary/aromatic N) is 2. The monoisotopic (exact) mass is 384 g/mol. The summed E-state index contributed by atoms with van der Waals surface area (Å²) in [7, 11) is 0. The standard InChI is InChI=1S/C22H28N2O4/c25-19(14-16-5-4-6-17(13-16)21(27)28)23-11-7-22(8-12-23)15-18(22)20(26)24-9-2-1-3-10-24/h4-6,13,18H,1-3,7-12,14-15H2,(H,27,28). The highest BCUT2D eigenvalue weighted by molar-refractivity contribution is 5.88. The molecule has 1 spiro atoms. The fourth-order valence-electron chi connectivity index (χ4n) is 4.89. The fourth-order valence-corrected chi connectivity index (χ4v) is 4.89. The average molecular weight is 384 g/mol. The number of hydrogen-bond acceptors (Lipinski definition) is 3. The van der Waals surface area contributed by atoms with Gasteiger partial charge in [-0.05, 0) is 61.6 Å². The molecule has 1 aromatic rings. The maximum atomic E-state index is 12.8. The van der Waals surface area contributed by atoms with Crippen molar-refractivity contribution in [2.75, 3.05) is 26.2 Å². The predicted octanol–water partition coefficient (Wildman–Crippen LogP) is 2.57. The van der Waals surface area contributed by atoms with Crippen LogP contribution in [-0.4, -0.2) is 58.9 Å². The zero-order chi connectivity index (χ0) is 19.7. The second-order valence-corrected chi connectivity index (χ2v) is 8.57. The van der Waals surface area contributed by atoms with Crippen molar-refractivity contribution >= 4 is 17.8 Å². The third kappa shape index (κ3) is 3.77. The van der Waals surface area contributed by atoms with Crippen LogP contribution in [0.15, 0.2) is 24.3 Å². The molecule has 3 fully saturated rings. The van der Waals surface area contributed by atoms with Crippen LogP contribution in [0.25, 0.3) is 0 Å². The van der Waals surface area contributed by atoms with Crippen LogP contribution in [0, 0.1) is 11.3 Å². The molecule has 2 amide bonds. The predicted molar refractivity (Wildman–Crippen MR) is 104 cm³/mol. The molecule has 1 unspecified atom stereocenters. The summed E-state index contributed by atoms with van der Waals surface area (Å²) in [6.07, 6.45) is 6.48. The number of carbonyl (C=O) groups is 3. The molecule has 4 rings (SSSR count). The van der Waals surface area contributed by atoms with E-state index < -0.39 is 5.97 Å². The molecule has 6 nitrogen and oxygen atoms in total. The van der Waals surface area contributed by atoms with E-state index in [0.29, 0.717) is 19.0 Å². The van der Waals surface area contributed by atoms with Crippen molar-refractivity contribution in [3.8, 4) is 0 Å². The lowest BCUT2D eigenvalue weighted by Crippen LogP contribution is -2.42. The van der Waals surface area contributed by atoms with Gasteiger partial charge in [0.15, 0.2) is 0 Å². The van der Waals surface area contributed by atoms with Crippen LogP contribution in [0.2, 0.25) is 0 Å². The number of carbonyl (C=O) groups excluding carboxylic acids is 2. The van der Waals surface area contributed by atoms with Crippen molar-refractivity contribution < 1.29 is 19.5 Å². The third-order valence-corrected chi connectivity index (χ3v) is 6.80. The molecule has 0 aromatic heterocycles. The second-order valence-electron chi connectivity index (χ2n) is 8.57. The van der Waals surface area contributed by atoms with Gasteiger partial charge in [-0.3, -0.25) is 9.59 Å². The molecular formula is C22H28N2O4. The fraction of sp³-hybridized carbons (Fsp3) is 0.591. The van der Waals surface area contributed by atoms with Crippen LogP contribution in [0.5, 0.6) is 0 Å². The Hall–Kier alpha value is -2.37.